The number of carbonyl (C=O) groups excluding carboxylic acids is 1. The van der Waals surface area contributed by atoms with E-state index in [1.54, 1.807) is 29.2 Å². The SMILES string of the molecule is CC(C)OCCCN1C(=O)c2[nH]nc(-c3cc(Cl)ccc3O)c2C1c1ccc(F)cc1. The van der Waals surface area contributed by atoms with E-state index in [4.69, 9.17) is 16.3 Å². The van der Waals surface area contributed by atoms with Gasteiger partial charge >= 0.3 is 0 Å². The summed E-state index contributed by atoms with van der Waals surface area (Å²) in [5, 5.41) is 18.0. The number of ether oxygens (including phenoxy) is 1. The van der Waals surface area contributed by atoms with Crippen LogP contribution in [0, 0.1) is 5.82 Å². The van der Waals surface area contributed by atoms with Gasteiger partial charge in [-0.1, -0.05) is 23.7 Å². The van der Waals surface area contributed by atoms with Gasteiger partial charge in [-0.2, -0.15) is 5.10 Å². The third kappa shape index (κ3) is 4.16. The van der Waals surface area contributed by atoms with E-state index in [0.717, 1.165) is 5.56 Å². The first kappa shape index (κ1) is 21.3. The Morgan fingerprint density at radius 3 is 2.71 bits per heavy atom. The summed E-state index contributed by atoms with van der Waals surface area (Å²) in [5.41, 5.74) is 2.61. The molecule has 0 spiro atoms. The number of halogens is 2. The highest BCUT2D eigenvalue weighted by Gasteiger charge is 2.42. The number of benzene rings is 2. The van der Waals surface area contributed by atoms with Gasteiger partial charge in [0.1, 0.15) is 23.0 Å². The fourth-order valence-electron chi connectivity index (χ4n) is 3.88. The Hall–Kier alpha value is -2.90. The van der Waals surface area contributed by atoms with Gasteiger partial charge in [0.15, 0.2) is 0 Å². The van der Waals surface area contributed by atoms with E-state index in [9.17, 15) is 14.3 Å². The van der Waals surface area contributed by atoms with Crippen LogP contribution in [-0.2, 0) is 4.74 Å². The largest absolute Gasteiger partial charge is 0.507 e. The molecule has 2 heterocycles. The van der Waals surface area contributed by atoms with Crippen LogP contribution in [0.5, 0.6) is 5.75 Å². The van der Waals surface area contributed by atoms with Gasteiger partial charge in [-0.3, -0.25) is 9.89 Å². The first-order chi connectivity index (χ1) is 14.9. The standard InChI is InChI=1S/C23H23ClFN3O3/c1-13(2)31-11-3-10-28-22(14-4-7-16(25)8-5-14)19-20(26-27-21(19)23(28)30)17-12-15(24)6-9-18(17)29/h4-9,12-13,22,29H,3,10-11H2,1-2H3,(H,26,27). The lowest BCUT2D eigenvalue weighted by atomic mass is 9.95. The van der Waals surface area contributed by atoms with E-state index in [1.807, 2.05) is 13.8 Å². The van der Waals surface area contributed by atoms with Crippen LogP contribution in [0.2, 0.25) is 5.02 Å². The van der Waals surface area contributed by atoms with E-state index in [0.29, 0.717) is 47.1 Å². The lowest BCUT2D eigenvalue weighted by Crippen LogP contribution is -2.31. The average molecular weight is 444 g/mol. The number of amides is 1. The molecule has 31 heavy (non-hydrogen) atoms. The molecule has 4 rings (SSSR count). The topological polar surface area (TPSA) is 78.5 Å². The molecular formula is C23H23ClFN3O3. The summed E-state index contributed by atoms with van der Waals surface area (Å²) in [6, 6.07) is 10.3. The molecule has 1 aromatic heterocycles. The zero-order chi connectivity index (χ0) is 22.1. The summed E-state index contributed by atoms with van der Waals surface area (Å²) in [4.78, 5) is 15.0. The number of rotatable bonds is 7. The minimum absolute atomic E-state index is 0.00721. The summed E-state index contributed by atoms with van der Waals surface area (Å²) in [6.45, 7) is 4.90. The first-order valence-corrected chi connectivity index (χ1v) is 10.5. The maximum Gasteiger partial charge on any atom is 0.273 e. The second kappa shape index (κ2) is 8.69. The Balaban J connectivity index is 1.76. The number of fused-ring (bicyclic) bond motifs is 1. The van der Waals surface area contributed by atoms with Crippen molar-refractivity contribution in [3.63, 3.8) is 0 Å². The highest BCUT2D eigenvalue weighted by molar-refractivity contribution is 6.31. The molecule has 8 heteroatoms. The monoisotopic (exact) mass is 443 g/mol. The van der Waals surface area contributed by atoms with Gasteiger partial charge in [-0.05, 0) is 56.2 Å². The van der Waals surface area contributed by atoms with Crippen LogP contribution >= 0.6 is 11.6 Å². The van der Waals surface area contributed by atoms with E-state index in [1.165, 1.54) is 18.2 Å². The number of carbonyl (C=O) groups is 1. The van der Waals surface area contributed by atoms with Gasteiger partial charge in [0.25, 0.3) is 5.91 Å². The van der Waals surface area contributed by atoms with Gasteiger partial charge in [-0.25, -0.2) is 4.39 Å². The number of nitrogens with one attached hydrogen (secondary N) is 1. The molecule has 1 unspecified atom stereocenters. The van der Waals surface area contributed by atoms with Crippen LogP contribution < -0.4 is 0 Å². The molecular weight excluding hydrogens is 421 g/mol. The Bertz CT molecular complexity index is 1100. The molecule has 2 N–H and O–H groups in total. The average Bonchev–Trinajstić information content (AvgIpc) is 3.27. The molecule has 0 radical (unpaired) electrons. The molecule has 0 saturated carbocycles. The first-order valence-electron chi connectivity index (χ1n) is 10.1. The number of phenolic OH excluding ortho intramolecular Hbond substituents is 1. The van der Waals surface area contributed by atoms with Crippen molar-refractivity contribution < 1.29 is 19.0 Å². The predicted octanol–water partition coefficient (Wildman–Crippen LogP) is 4.94. The molecule has 162 valence electrons. The third-order valence-electron chi connectivity index (χ3n) is 5.26. The van der Waals surface area contributed by atoms with Gasteiger partial charge in [-0.15, -0.1) is 0 Å². The fourth-order valence-corrected chi connectivity index (χ4v) is 4.05. The number of nitrogens with zero attached hydrogens (tertiary/aromatic N) is 2. The fraction of sp³-hybridized carbons (Fsp3) is 0.304. The van der Waals surface area contributed by atoms with Gasteiger partial charge in [0.05, 0.1) is 12.1 Å². The van der Waals surface area contributed by atoms with Crippen LogP contribution in [0.4, 0.5) is 4.39 Å². The van der Waals surface area contributed by atoms with E-state index < -0.39 is 6.04 Å². The Morgan fingerprint density at radius 1 is 1.26 bits per heavy atom. The second-order valence-corrected chi connectivity index (χ2v) is 8.18. The van der Waals surface area contributed by atoms with Crippen molar-refractivity contribution in [3.8, 4) is 17.0 Å². The zero-order valence-electron chi connectivity index (χ0n) is 17.2. The number of hydrogen-bond acceptors (Lipinski definition) is 4. The minimum atomic E-state index is -0.478. The normalized spacial score (nSPS) is 15.7. The van der Waals surface area contributed by atoms with Crippen LogP contribution in [0.3, 0.4) is 0 Å². The minimum Gasteiger partial charge on any atom is -0.507 e. The van der Waals surface area contributed by atoms with Crippen molar-refractivity contribution >= 4 is 17.5 Å². The molecule has 1 atom stereocenters. The molecule has 6 nitrogen and oxygen atoms in total. The van der Waals surface area contributed by atoms with E-state index in [2.05, 4.69) is 10.2 Å². The maximum absolute atomic E-state index is 13.6. The molecule has 0 aliphatic carbocycles. The van der Waals surface area contributed by atoms with Crippen molar-refractivity contribution in [2.24, 2.45) is 0 Å². The number of hydrogen-bond donors (Lipinski definition) is 2. The smallest absolute Gasteiger partial charge is 0.273 e. The molecule has 2 aromatic carbocycles. The molecule has 3 aromatic rings. The van der Waals surface area contributed by atoms with Crippen molar-refractivity contribution in [1.29, 1.82) is 0 Å². The van der Waals surface area contributed by atoms with Crippen LogP contribution in [0.25, 0.3) is 11.3 Å². The van der Waals surface area contributed by atoms with Crippen molar-refractivity contribution in [2.45, 2.75) is 32.4 Å². The molecule has 1 aliphatic rings. The molecule has 0 saturated heterocycles. The molecule has 1 aliphatic heterocycles. The lowest BCUT2D eigenvalue weighted by molar-refractivity contribution is 0.0601. The quantitative estimate of drug-likeness (QED) is 0.507. The number of phenols is 1. The zero-order valence-corrected chi connectivity index (χ0v) is 18.0. The lowest BCUT2D eigenvalue weighted by Gasteiger charge is -2.26. The number of aromatic amines is 1. The summed E-state index contributed by atoms with van der Waals surface area (Å²) in [7, 11) is 0. The van der Waals surface area contributed by atoms with Gasteiger partial charge in [0.2, 0.25) is 0 Å². The van der Waals surface area contributed by atoms with Crippen molar-refractivity contribution in [2.75, 3.05) is 13.2 Å². The Labute approximate surface area is 184 Å². The predicted molar refractivity (Wildman–Crippen MR) is 116 cm³/mol. The second-order valence-electron chi connectivity index (χ2n) is 7.75. The highest BCUT2D eigenvalue weighted by atomic mass is 35.5. The summed E-state index contributed by atoms with van der Waals surface area (Å²) in [5.74, 6) is -0.549. The van der Waals surface area contributed by atoms with Crippen molar-refractivity contribution in [1.82, 2.24) is 15.1 Å². The van der Waals surface area contributed by atoms with Crippen LogP contribution in [-0.4, -0.2) is 45.4 Å². The highest BCUT2D eigenvalue weighted by Crippen LogP contribution is 2.44. The molecule has 0 fully saturated rings. The third-order valence-corrected chi connectivity index (χ3v) is 5.49. The Kier molecular flexibility index (Phi) is 5.98. The summed E-state index contributed by atoms with van der Waals surface area (Å²) < 4.78 is 19.2. The summed E-state index contributed by atoms with van der Waals surface area (Å²) in [6.07, 6.45) is 0.758. The molecule has 0 bridgehead atoms. The number of aromatic hydroxyl groups is 1. The van der Waals surface area contributed by atoms with E-state index in [-0.39, 0.29) is 23.6 Å². The van der Waals surface area contributed by atoms with Gasteiger partial charge < -0.3 is 14.7 Å². The van der Waals surface area contributed by atoms with Crippen LogP contribution in [0.15, 0.2) is 42.5 Å². The van der Waals surface area contributed by atoms with E-state index >= 15 is 0 Å². The maximum atomic E-state index is 13.6. The number of H-pyrrole nitrogens is 1. The van der Waals surface area contributed by atoms with Crippen molar-refractivity contribution in [3.05, 3.63) is 70.1 Å². The molecule has 1 amide bonds. The van der Waals surface area contributed by atoms with Gasteiger partial charge in [0, 0.05) is 29.3 Å². The number of aromatic nitrogens is 2. The summed E-state index contributed by atoms with van der Waals surface area (Å²) >= 11 is 6.14. The Morgan fingerprint density at radius 2 is 2.00 bits per heavy atom. The van der Waals surface area contributed by atoms with Crippen LogP contribution in [0.1, 0.15) is 47.9 Å².